The minimum absolute atomic E-state index is 0.0866. The van der Waals surface area contributed by atoms with Crippen molar-refractivity contribution in [1.29, 1.82) is 0 Å². The summed E-state index contributed by atoms with van der Waals surface area (Å²) in [5.74, 6) is -0.197. The lowest BCUT2D eigenvalue weighted by Crippen LogP contribution is -2.39. The number of carbonyl (C=O) groups excluding carboxylic acids is 2. The molecule has 8 heteroatoms. The molecular formula is C27H26FN3O4. The van der Waals surface area contributed by atoms with E-state index in [-0.39, 0.29) is 24.1 Å². The van der Waals surface area contributed by atoms with Crippen molar-refractivity contribution in [1.82, 2.24) is 9.91 Å². The molecule has 0 saturated carbocycles. The SMILES string of the molecule is COc1ccc([C@@H]2CC(c3cccc(OC)c3)=NN2C(=O)CN(C)C(=O)c2ccccc2F)cc1. The monoisotopic (exact) mass is 475 g/mol. The number of nitrogens with zero attached hydrogens (tertiary/aromatic N) is 3. The Morgan fingerprint density at radius 1 is 1.00 bits per heavy atom. The Bertz CT molecular complexity index is 1260. The van der Waals surface area contributed by atoms with E-state index in [2.05, 4.69) is 5.10 Å². The highest BCUT2D eigenvalue weighted by molar-refractivity contribution is 6.04. The van der Waals surface area contributed by atoms with Crippen LogP contribution in [0.15, 0.2) is 77.9 Å². The Morgan fingerprint density at radius 2 is 1.71 bits per heavy atom. The third-order valence-electron chi connectivity index (χ3n) is 5.89. The van der Waals surface area contributed by atoms with Gasteiger partial charge in [-0.1, -0.05) is 36.4 Å². The van der Waals surface area contributed by atoms with Gasteiger partial charge in [0.2, 0.25) is 0 Å². The van der Waals surface area contributed by atoms with Crippen LogP contribution in [-0.4, -0.2) is 55.2 Å². The van der Waals surface area contributed by atoms with Gasteiger partial charge in [-0.3, -0.25) is 9.59 Å². The molecule has 35 heavy (non-hydrogen) atoms. The first-order valence-corrected chi connectivity index (χ1v) is 11.1. The molecule has 0 saturated heterocycles. The summed E-state index contributed by atoms with van der Waals surface area (Å²) in [4.78, 5) is 27.3. The van der Waals surface area contributed by atoms with E-state index in [1.807, 2.05) is 48.5 Å². The number of rotatable bonds is 7. The second-order valence-electron chi connectivity index (χ2n) is 8.15. The highest BCUT2D eigenvalue weighted by Gasteiger charge is 2.34. The normalized spacial score (nSPS) is 14.9. The topological polar surface area (TPSA) is 71.4 Å². The van der Waals surface area contributed by atoms with Gasteiger partial charge in [-0.25, -0.2) is 9.40 Å². The maximum absolute atomic E-state index is 14.1. The Balaban J connectivity index is 1.61. The van der Waals surface area contributed by atoms with Gasteiger partial charge in [0.1, 0.15) is 23.9 Å². The molecule has 0 aliphatic carbocycles. The molecule has 3 aromatic rings. The third kappa shape index (κ3) is 5.16. The number of halogens is 1. The fraction of sp³-hybridized carbons (Fsp3) is 0.222. The van der Waals surface area contributed by atoms with Crippen molar-refractivity contribution < 1.29 is 23.5 Å². The van der Waals surface area contributed by atoms with Crippen molar-refractivity contribution >= 4 is 17.5 Å². The number of carbonyl (C=O) groups is 2. The Labute approximate surface area is 203 Å². The van der Waals surface area contributed by atoms with Gasteiger partial charge in [-0.2, -0.15) is 5.10 Å². The molecule has 0 aromatic heterocycles. The van der Waals surface area contributed by atoms with E-state index >= 15 is 0 Å². The summed E-state index contributed by atoms with van der Waals surface area (Å²) in [6.45, 7) is -0.255. The molecule has 0 spiro atoms. The smallest absolute Gasteiger partial charge is 0.262 e. The zero-order chi connectivity index (χ0) is 24.9. The molecule has 0 bridgehead atoms. The van der Waals surface area contributed by atoms with Crippen LogP contribution in [0.25, 0.3) is 0 Å². The molecule has 7 nitrogen and oxygen atoms in total. The maximum atomic E-state index is 14.1. The first kappa shape index (κ1) is 23.9. The van der Waals surface area contributed by atoms with Crippen molar-refractivity contribution in [2.75, 3.05) is 27.8 Å². The Morgan fingerprint density at radius 3 is 2.40 bits per heavy atom. The van der Waals surface area contributed by atoms with E-state index in [1.54, 1.807) is 20.3 Å². The zero-order valence-electron chi connectivity index (χ0n) is 19.8. The van der Waals surface area contributed by atoms with Crippen molar-refractivity contribution in [3.05, 3.63) is 95.3 Å². The van der Waals surface area contributed by atoms with Gasteiger partial charge in [0.25, 0.3) is 11.8 Å². The lowest BCUT2D eigenvalue weighted by molar-refractivity contribution is -0.133. The van der Waals surface area contributed by atoms with Crippen LogP contribution in [0.3, 0.4) is 0 Å². The van der Waals surface area contributed by atoms with Crippen LogP contribution in [0.2, 0.25) is 0 Å². The number of hydrogen-bond acceptors (Lipinski definition) is 5. The molecule has 1 heterocycles. The average Bonchev–Trinajstić information content (AvgIpc) is 3.34. The molecule has 4 rings (SSSR count). The van der Waals surface area contributed by atoms with Gasteiger partial charge in [0.05, 0.1) is 31.5 Å². The van der Waals surface area contributed by atoms with Gasteiger partial charge in [-0.05, 0) is 42.0 Å². The van der Waals surface area contributed by atoms with Crippen molar-refractivity contribution in [2.24, 2.45) is 5.10 Å². The largest absolute Gasteiger partial charge is 0.497 e. The van der Waals surface area contributed by atoms with Crippen LogP contribution in [-0.2, 0) is 4.79 Å². The van der Waals surface area contributed by atoms with E-state index in [0.29, 0.717) is 17.9 Å². The molecule has 0 unspecified atom stereocenters. The first-order valence-electron chi connectivity index (χ1n) is 11.1. The molecule has 0 N–H and O–H groups in total. The summed E-state index contributed by atoms with van der Waals surface area (Å²) in [6.07, 6.45) is 0.482. The fourth-order valence-electron chi connectivity index (χ4n) is 3.99. The molecule has 0 fully saturated rings. The van der Waals surface area contributed by atoms with Crippen LogP contribution < -0.4 is 9.47 Å². The summed E-state index contributed by atoms with van der Waals surface area (Å²) in [7, 11) is 4.65. The molecule has 1 aliphatic rings. The Kier molecular flexibility index (Phi) is 7.10. The molecule has 1 atom stereocenters. The summed E-state index contributed by atoms with van der Waals surface area (Å²) >= 11 is 0. The van der Waals surface area contributed by atoms with Crippen molar-refractivity contribution in [3.8, 4) is 11.5 Å². The van der Waals surface area contributed by atoms with Crippen LogP contribution >= 0.6 is 0 Å². The summed E-state index contributed by atoms with van der Waals surface area (Å²) < 4.78 is 24.7. The first-order chi connectivity index (χ1) is 16.9. The van der Waals surface area contributed by atoms with Gasteiger partial charge in [-0.15, -0.1) is 0 Å². The molecular weight excluding hydrogens is 449 g/mol. The number of methoxy groups -OCH3 is 2. The number of ether oxygens (including phenoxy) is 2. The average molecular weight is 476 g/mol. The predicted molar refractivity (Wildman–Crippen MR) is 130 cm³/mol. The quantitative estimate of drug-likeness (QED) is 0.511. The number of benzene rings is 3. The van der Waals surface area contributed by atoms with Crippen LogP contribution in [0.1, 0.15) is 33.9 Å². The number of hydrogen-bond donors (Lipinski definition) is 0. The summed E-state index contributed by atoms with van der Waals surface area (Å²) in [5.41, 5.74) is 2.36. The van der Waals surface area contributed by atoms with Gasteiger partial charge >= 0.3 is 0 Å². The standard InChI is InChI=1S/C27H26FN3O4/c1-30(27(33)22-9-4-5-10-23(22)28)17-26(32)31-25(18-11-13-20(34-2)14-12-18)16-24(29-31)19-7-6-8-21(15-19)35-3/h4-15,25H,16-17H2,1-3H3/t25-/m0/s1. The van der Waals surface area contributed by atoms with Crippen molar-refractivity contribution in [3.63, 3.8) is 0 Å². The number of hydrazone groups is 1. The number of amides is 2. The highest BCUT2D eigenvalue weighted by Crippen LogP contribution is 2.34. The fourth-order valence-corrected chi connectivity index (χ4v) is 3.99. The minimum atomic E-state index is -0.632. The molecule has 180 valence electrons. The molecule has 3 aromatic carbocycles. The van der Waals surface area contributed by atoms with Crippen LogP contribution in [0, 0.1) is 5.82 Å². The highest BCUT2D eigenvalue weighted by atomic mass is 19.1. The second kappa shape index (κ2) is 10.4. The Hall–Kier alpha value is -4.20. The molecule has 2 amide bonds. The lowest BCUT2D eigenvalue weighted by Gasteiger charge is -2.25. The van der Waals surface area contributed by atoms with E-state index < -0.39 is 11.7 Å². The third-order valence-corrected chi connectivity index (χ3v) is 5.89. The van der Waals surface area contributed by atoms with Crippen LogP contribution in [0.4, 0.5) is 4.39 Å². The van der Waals surface area contributed by atoms with Gasteiger partial charge in [0.15, 0.2) is 0 Å². The van der Waals surface area contributed by atoms with E-state index in [0.717, 1.165) is 16.8 Å². The zero-order valence-corrected chi connectivity index (χ0v) is 19.8. The van der Waals surface area contributed by atoms with Gasteiger partial charge < -0.3 is 14.4 Å². The maximum Gasteiger partial charge on any atom is 0.262 e. The molecule has 0 radical (unpaired) electrons. The minimum Gasteiger partial charge on any atom is -0.497 e. The lowest BCUT2D eigenvalue weighted by atomic mass is 9.98. The van der Waals surface area contributed by atoms with E-state index in [4.69, 9.17) is 9.47 Å². The number of likely N-dealkylation sites (N-methyl/N-ethyl adjacent to an activating group) is 1. The summed E-state index contributed by atoms with van der Waals surface area (Å²) in [5, 5.41) is 6.04. The predicted octanol–water partition coefficient (Wildman–Crippen LogP) is 4.29. The molecule has 1 aliphatic heterocycles. The van der Waals surface area contributed by atoms with Crippen LogP contribution in [0.5, 0.6) is 11.5 Å². The van der Waals surface area contributed by atoms with E-state index in [9.17, 15) is 14.0 Å². The summed E-state index contributed by atoms with van der Waals surface area (Å²) in [6, 6.07) is 20.3. The van der Waals surface area contributed by atoms with Gasteiger partial charge in [0, 0.05) is 19.0 Å². The van der Waals surface area contributed by atoms with Crippen molar-refractivity contribution in [2.45, 2.75) is 12.5 Å². The second-order valence-corrected chi connectivity index (χ2v) is 8.15. The van der Waals surface area contributed by atoms with E-state index in [1.165, 1.54) is 35.2 Å².